The smallest absolute Gasteiger partial charge is 0.190 e. The van der Waals surface area contributed by atoms with Crippen molar-refractivity contribution >= 4 is 22.2 Å². The summed E-state index contributed by atoms with van der Waals surface area (Å²) in [5, 5.41) is 2.95. The number of hydrogen-bond acceptors (Lipinski definition) is 6. The van der Waals surface area contributed by atoms with Crippen molar-refractivity contribution in [2.45, 2.75) is 6.54 Å². The second-order valence-electron chi connectivity index (χ2n) is 5.51. The number of nitrogens with two attached hydrogens (primary N) is 1. The molecule has 130 valence electrons. The maximum Gasteiger partial charge on any atom is 0.190 e. The Balaban J connectivity index is 1.88. The highest BCUT2D eigenvalue weighted by molar-refractivity contribution is 7.14. The van der Waals surface area contributed by atoms with Crippen LogP contribution in [0.3, 0.4) is 0 Å². The van der Waals surface area contributed by atoms with E-state index in [0.29, 0.717) is 6.54 Å². The Morgan fingerprint density at radius 1 is 1.08 bits per heavy atom. The highest BCUT2D eigenvalue weighted by Gasteiger charge is 2.15. The number of nitrogens with zero attached hydrogens (tertiary/aromatic N) is 2. The number of ether oxygens (including phenoxy) is 2. The van der Waals surface area contributed by atoms with Crippen LogP contribution in [0.1, 0.15) is 5.56 Å². The molecule has 6 heteroatoms. The molecule has 3 rings (SSSR count). The van der Waals surface area contributed by atoms with Crippen LogP contribution in [-0.2, 0) is 6.54 Å². The summed E-state index contributed by atoms with van der Waals surface area (Å²) >= 11 is 1.59. The molecule has 0 unspecified atom stereocenters. The van der Waals surface area contributed by atoms with E-state index in [1.54, 1.807) is 25.6 Å². The summed E-state index contributed by atoms with van der Waals surface area (Å²) in [4.78, 5) is 6.77. The topological polar surface area (TPSA) is 60.6 Å². The van der Waals surface area contributed by atoms with Crippen LogP contribution in [0.4, 0.5) is 10.8 Å². The molecule has 5 nitrogen and oxygen atoms in total. The average Bonchev–Trinajstić information content (AvgIpc) is 3.17. The second kappa shape index (κ2) is 7.55. The van der Waals surface area contributed by atoms with Crippen molar-refractivity contribution in [2.75, 3.05) is 26.2 Å². The zero-order valence-corrected chi connectivity index (χ0v) is 15.3. The molecule has 0 fully saturated rings. The minimum Gasteiger partial charge on any atom is -0.497 e. The number of aromatic nitrogens is 1. The van der Waals surface area contributed by atoms with Crippen LogP contribution in [0.15, 0.2) is 47.8 Å². The first-order valence-electron chi connectivity index (χ1n) is 7.87. The predicted octanol–water partition coefficient (Wildman–Crippen LogP) is 4.05. The average molecular weight is 355 g/mol. The molecule has 0 aliphatic heterocycles. The summed E-state index contributed by atoms with van der Waals surface area (Å²) in [5.41, 5.74) is 9.72. The van der Waals surface area contributed by atoms with Crippen molar-refractivity contribution in [1.82, 2.24) is 4.98 Å². The van der Waals surface area contributed by atoms with E-state index in [4.69, 9.17) is 20.2 Å². The largest absolute Gasteiger partial charge is 0.497 e. The van der Waals surface area contributed by atoms with Crippen molar-refractivity contribution in [3.63, 3.8) is 0 Å². The van der Waals surface area contributed by atoms with Gasteiger partial charge in [0, 0.05) is 30.6 Å². The van der Waals surface area contributed by atoms with Crippen LogP contribution in [0.5, 0.6) is 11.5 Å². The summed E-state index contributed by atoms with van der Waals surface area (Å²) < 4.78 is 10.7. The van der Waals surface area contributed by atoms with Crippen LogP contribution < -0.4 is 20.1 Å². The quantitative estimate of drug-likeness (QED) is 0.723. The van der Waals surface area contributed by atoms with Gasteiger partial charge in [0.2, 0.25) is 0 Å². The third-order valence-corrected chi connectivity index (χ3v) is 4.93. The van der Waals surface area contributed by atoms with Crippen molar-refractivity contribution < 1.29 is 9.47 Å². The molecule has 0 aliphatic rings. The molecular formula is C19H21N3O2S. The molecule has 3 aromatic rings. The Kier molecular flexibility index (Phi) is 5.21. The molecule has 0 radical (unpaired) electrons. The molecule has 1 heterocycles. The maximum absolute atomic E-state index is 5.65. The predicted molar refractivity (Wildman–Crippen MR) is 103 cm³/mol. The van der Waals surface area contributed by atoms with E-state index in [-0.39, 0.29) is 0 Å². The van der Waals surface area contributed by atoms with Gasteiger partial charge in [-0.2, -0.15) is 0 Å². The standard InChI is InChI=1S/C19H21N3O2S/c1-22(17-9-8-15(23-2)10-18(17)24-3)19-21-16(12-25-19)14-6-4-13(11-20)5-7-14/h4-10,12H,11,20H2,1-3H3. The van der Waals surface area contributed by atoms with Gasteiger partial charge in [0.1, 0.15) is 11.5 Å². The van der Waals surface area contributed by atoms with Gasteiger partial charge in [0.15, 0.2) is 5.13 Å². The van der Waals surface area contributed by atoms with Gasteiger partial charge in [0.05, 0.1) is 25.6 Å². The fraction of sp³-hybridized carbons (Fsp3) is 0.211. The summed E-state index contributed by atoms with van der Waals surface area (Å²) in [5.74, 6) is 1.50. The minimum absolute atomic E-state index is 0.544. The van der Waals surface area contributed by atoms with Crippen LogP contribution in [0, 0.1) is 0 Å². The first-order chi connectivity index (χ1) is 12.2. The first kappa shape index (κ1) is 17.3. The van der Waals surface area contributed by atoms with Crippen LogP contribution >= 0.6 is 11.3 Å². The molecule has 0 amide bonds. The van der Waals surface area contributed by atoms with E-state index in [2.05, 4.69) is 17.5 Å². The number of hydrogen-bond donors (Lipinski definition) is 1. The Labute approximate surface area is 151 Å². The van der Waals surface area contributed by atoms with E-state index in [1.165, 1.54) is 0 Å². The van der Waals surface area contributed by atoms with Gasteiger partial charge in [-0.05, 0) is 17.7 Å². The van der Waals surface area contributed by atoms with Crippen molar-refractivity contribution in [3.8, 4) is 22.8 Å². The molecule has 0 aliphatic carbocycles. The number of methoxy groups -OCH3 is 2. The Morgan fingerprint density at radius 2 is 1.84 bits per heavy atom. The lowest BCUT2D eigenvalue weighted by Gasteiger charge is -2.19. The lowest BCUT2D eigenvalue weighted by molar-refractivity contribution is 0.395. The van der Waals surface area contributed by atoms with Crippen molar-refractivity contribution in [3.05, 3.63) is 53.4 Å². The maximum atomic E-state index is 5.65. The molecule has 1 aromatic heterocycles. The summed E-state index contributed by atoms with van der Waals surface area (Å²) in [7, 11) is 5.27. The van der Waals surface area contributed by atoms with Crippen LogP contribution in [0.2, 0.25) is 0 Å². The molecule has 2 aromatic carbocycles. The first-order valence-corrected chi connectivity index (χ1v) is 8.75. The minimum atomic E-state index is 0.544. The van der Waals surface area contributed by atoms with E-state index in [0.717, 1.165) is 39.1 Å². The molecular weight excluding hydrogens is 334 g/mol. The fourth-order valence-electron chi connectivity index (χ4n) is 2.53. The van der Waals surface area contributed by atoms with Crippen LogP contribution in [0.25, 0.3) is 11.3 Å². The van der Waals surface area contributed by atoms with Crippen molar-refractivity contribution in [1.29, 1.82) is 0 Å². The molecule has 2 N–H and O–H groups in total. The second-order valence-corrected chi connectivity index (χ2v) is 6.35. The normalized spacial score (nSPS) is 10.6. The number of anilines is 2. The highest BCUT2D eigenvalue weighted by atomic mass is 32.1. The lowest BCUT2D eigenvalue weighted by Crippen LogP contribution is -2.10. The summed E-state index contributed by atoms with van der Waals surface area (Å²) in [6.45, 7) is 0.544. The SMILES string of the molecule is COc1ccc(N(C)c2nc(-c3ccc(CN)cc3)cs2)c(OC)c1. The third-order valence-electron chi connectivity index (χ3n) is 4.01. The lowest BCUT2D eigenvalue weighted by atomic mass is 10.1. The molecule has 0 spiro atoms. The fourth-order valence-corrected chi connectivity index (χ4v) is 3.34. The summed E-state index contributed by atoms with van der Waals surface area (Å²) in [6, 6.07) is 13.9. The van der Waals surface area contributed by atoms with E-state index >= 15 is 0 Å². The molecule has 0 saturated heterocycles. The van der Waals surface area contributed by atoms with E-state index < -0.39 is 0 Å². The monoisotopic (exact) mass is 355 g/mol. The summed E-state index contributed by atoms with van der Waals surface area (Å²) in [6.07, 6.45) is 0. The highest BCUT2D eigenvalue weighted by Crippen LogP contribution is 2.37. The van der Waals surface area contributed by atoms with Gasteiger partial charge >= 0.3 is 0 Å². The van der Waals surface area contributed by atoms with Gasteiger partial charge in [0.25, 0.3) is 0 Å². The van der Waals surface area contributed by atoms with Crippen molar-refractivity contribution in [2.24, 2.45) is 5.73 Å². The molecule has 0 bridgehead atoms. The van der Waals surface area contributed by atoms with Gasteiger partial charge in [-0.15, -0.1) is 11.3 Å². The van der Waals surface area contributed by atoms with E-state index in [1.807, 2.05) is 42.3 Å². The third kappa shape index (κ3) is 3.60. The van der Waals surface area contributed by atoms with Crippen LogP contribution in [-0.4, -0.2) is 26.3 Å². The zero-order valence-electron chi connectivity index (χ0n) is 14.5. The zero-order chi connectivity index (χ0) is 17.8. The molecule has 0 saturated carbocycles. The number of thiazole rings is 1. The number of benzene rings is 2. The Morgan fingerprint density at radius 3 is 2.48 bits per heavy atom. The molecule has 0 atom stereocenters. The van der Waals surface area contributed by atoms with Gasteiger partial charge in [-0.3, -0.25) is 0 Å². The Bertz CT molecular complexity index is 846. The van der Waals surface area contributed by atoms with Gasteiger partial charge < -0.3 is 20.1 Å². The van der Waals surface area contributed by atoms with Gasteiger partial charge in [-0.25, -0.2) is 4.98 Å². The number of rotatable bonds is 6. The Hall–Kier alpha value is -2.57. The van der Waals surface area contributed by atoms with Gasteiger partial charge in [-0.1, -0.05) is 24.3 Å². The molecule has 25 heavy (non-hydrogen) atoms. The van der Waals surface area contributed by atoms with E-state index in [9.17, 15) is 0 Å².